The molecule has 1 N–H and O–H groups in total. The minimum absolute atomic E-state index is 0.155. The van der Waals surface area contributed by atoms with Crippen LogP contribution in [0.1, 0.15) is 271 Å². The van der Waals surface area contributed by atoms with Crippen molar-refractivity contribution >= 4 is 0 Å². The number of rotatable bonds is 47. The van der Waals surface area contributed by atoms with Gasteiger partial charge in [-0.3, -0.25) is 0 Å². The van der Waals surface area contributed by atoms with E-state index in [4.69, 9.17) is 14.2 Å². The molecule has 1 heterocycles. The quantitative estimate of drug-likeness (QED) is 0.0621. The molecule has 0 radical (unpaired) electrons. The molecule has 0 spiro atoms. The first-order valence-electron chi connectivity index (χ1n) is 26.3. The van der Waals surface area contributed by atoms with Gasteiger partial charge in [-0.1, -0.05) is 219 Å². The maximum absolute atomic E-state index is 7.09. The zero-order chi connectivity index (χ0) is 41.2. The van der Waals surface area contributed by atoms with Crippen molar-refractivity contribution in [3.8, 4) is 0 Å². The van der Waals surface area contributed by atoms with Crippen LogP contribution in [-0.4, -0.2) is 70.3 Å². The lowest BCUT2D eigenvalue weighted by atomic mass is 9.98. The van der Waals surface area contributed by atoms with Crippen molar-refractivity contribution in [1.29, 1.82) is 0 Å². The molecule has 1 aliphatic rings. The lowest BCUT2D eigenvalue weighted by molar-refractivity contribution is -0.188. The van der Waals surface area contributed by atoms with Gasteiger partial charge in [-0.15, -0.1) is 0 Å². The predicted octanol–water partition coefficient (Wildman–Crippen LogP) is 15.9. The third-order valence-electron chi connectivity index (χ3n) is 12.8. The molecular weight excluding hydrogens is 701 g/mol. The van der Waals surface area contributed by atoms with Gasteiger partial charge in [0, 0.05) is 32.6 Å². The minimum atomic E-state index is -0.388. The summed E-state index contributed by atoms with van der Waals surface area (Å²) in [5, 5.41) is 3.26. The van der Waals surface area contributed by atoms with Crippen LogP contribution in [-0.2, 0) is 14.2 Å². The van der Waals surface area contributed by atoms with Crippen molar-refractivity contribution in [2.45, 2.75) is 289 Å². The molecule has 1 fully saturated rings. The summed E-state index contributed by atoms with van der Waals surface area (Å²) in [5.41, 5.74) is 0. The first-order chi connectivity index (χ1) is 28.1. The van der Waals surface area contributed by atoms with Crippen molar-refractivity contribution in [2.24, 2.45) is 0 Å². The van der Waals surface area contributed by atoms with Crippen LogP contribution in [0.2, 0.25) is 0 Å². The SMILES string of the molecule is CCCCCCCCCCCCCCCCCCC1(CCCCCCCCCCCCCCCCCC)OC(CCOCCCCCCNC)C(CCN(C)C)O1. The van der Waals surface area contributed by atoms with E-state index in [1.54, 1.807) is 0 Å². The normalized spacial score (nSPS) is 16.7. The Bertz CT molecular complexity index is 742. The van der Waals surface area contributed by atoms with Crippen LogP contribution in [0.15, 0.2) is 0 Å². The summed E-state index contributed by atoms with van der Waals surface area (Å²) in [6, 6.07) is 0. The first-order valence-corrected chi connectivity index (χ1v) is 26.3. The average molecular weight is 807 g/mol. The van der Waals surface area contributed by atoms with Gasteiger partial charge in [-0.05, 0) is 66.2 Å². The van der Waals surface area contributed by atoms with Crippen molar-refractivity contribution in [3.63, 3.8) is 0 Å². The van der Waals surface area contributed by atoms with E-state index in [0.717, 1.165) is 58.4 Å². The highest BCUT2D eigenvalue weighted by molar-refractivity contribution is 4.87. The summed E-state index contributed by atoms with van der Waals surface area (Å²) < 4.78 is 20.3. The second kappa shape index (κ2) is 42.5. The Morgan fingerprint density at radius 1 is 0.421 bits per heavy atom. The highest BCUT2D eigenvalue weighted by Gasteiger charge is 2.46. The van der Waals surface area contributed by atoms with E-state index in [0.29, 0.717) is 0 Å². The van der Waals surface area contributed by atoms with E-state index in [2.05, 4.69) is 38.2 Å². The Labute approximate surface area is 359 Å². The molecule has 0 aromatic heterocycles. The number of nitrogens with one attached hydrogen (secondary N) is 1. The van der Waals surface area contributed by atoms with E-state index < -0.39 is 0 Å². The fourth-order valence-electron chi connectivity index (χ4n) is 9.01. The van der Waals surface area contributed by atoms with Crippen LogP contribution in [0.3, 0.4) is 0 Å². The lowest BCUT2D eigenvalue weighted by Crippen LogP contribution is -2.31. The van der Waals surface area contributed by atoms with Crippen LogP contribution in [0, 0.1) is 0 Å². The molecule has 2 unspecified atom stereocenters. The maximum atomic E-state index is 7.09. The molecule has 1 saturated heterocycles. The van der Waals surface area contributed by atoms with Gasteiger partial charge in [0.1, 0.15) is 0 Å². The molecule has 5 heteroatoms. The molecule has 0 aromatic rings. The van der Waals surface area contributed by atoms with Crippen molar-refractivity contribution < 1.29 is 14.2 Å². The van der Waals surface area contributed by atoms with Gasteiger partial charge in [-0.2, -0.15) is 0 Å². The van der Waals surface area contributed by atoms with Gasteiger partial charge in [-0.25, -0.2) is 0 Å². The smallest absolute Gasteiger partial charge is 0.169 e. The number of ether oxygens (including phenoxy) is 3. The fourth-order valence-corrected chi connectivity index (χ4v) is 9.01. The van der Waals surface area contributed by atoms with E-state index in [1.807, 2.05) is 7.05 Å². The van der Waals surface area contributed by atoms with Crippen molar-refractivity contribution in [1.82, 2.24) is 10.2 Å². The van der Waals surface area contributed by atoms with Crippen molar-refractivity contribution in [2.75, 3.05) is 47.4 Å². The van der Waals surface area contributed by atoms with Crippen LogP contribution in [0.25, 0.3) is 0 Å². The van der Waals surface area contributed by atoms with Gasteiger partial charge in [0.25, 0.3) is 0 Å². The summed E-state index contributed by atoms with van der Waals surface area (Å²) in [5.74, 6) is -0.388. The third kappa shape index (κ3) is 35.1. The monoisotopic (exact) mass is 807 g/mol. The predicted molar refractivity (Wildman–Crippen MR) is 252 cm³/mol. The molecule has 0 bridgehead atoms. The zero-order valence-electron chi connectivity index (χ0n) is 39.9. The first kappa shape index (κ1) is 54.8. The van der Waals surface area contributed by atoms with Crippen LogP contribution >= 0.6 is 0 Å². The second-order valence-electron chi connectivity index (χ2n) is 18.8. The Morgan fingerprint density at radius 3 is 1.12 bits per heavy atom. The van der Waals surface area contributed by atoms with Crippen LogP contribution in [0.5, 0.6) is 0 Å². The molecule has 2 atom stereocenters. The molecule has 0 saturated carbocycles. The summed E-state index contributed by atoms with van der Waals surface area (Å²) in [6.45, 7) is 8.45. The van der Waals surface area contributed by atoms with E-state index in [1.165, 1.54) is 225 Å². The van der Waals surface area contributed by atoms with Crippen LogP contribution < -0.4 is 5.32 Å². The number of hydrogen-bond acceptors (Lipinski definition) is 5. The number of nitrogens with zero attached hydrogens (tertiary/aromatic N) is 1. The summed E-state index contributed by atoms with van der Waals surface area (Å²) in [4.78, 5) is 2.30. The van der Waals surface area contributed by atoms with E-state index in [-0.39, 0.29) is 18.0 Å². The summed E-state index contributed by atoms with van der Waals surface area (Å²) in [6.07, 6.45) is 54.5. The topological polar surface area (TPSA) is 43.0 Å². The van der Waals surface area contributed by atoms with Gasteiger partial charge in [0.05, 0.1) is 12.2 Å². The van der Waals surface area contributed by atoms with Gasteiger partial charge in [0.2, 0.25) is 0 Å². The standard InChI is InChI=1S/C52H106N2O3/c1-6-8-10-12-14-16-18-20-22-24-26-28-30-32-34-38-44-52(45-39-35-33-31-29-27-25-23-21-19-17-15-13-11-9-7-2)56-50(42-47-54(4)5)51(57-52)43-49-55-48-41-37-36-40-46-53-3/h50-51,53H,6-49H2,1-5H3. The average Bonchev–Trinajstić information content (AvgIpc) is 3.56. The molecule has 342 valence electrons. The fraction of sp³-hybridized carbons (Fsp3) is 1.00. The van der Waals surface area contributed by atoms with E-state index >= 15 is 0 Å². The molecule has 1 aliphatic heterocycles. The molecule has 5 nitrogen and oxygen atoms in total. The molecule has 57 heavy (non-hydrogen) atoms. The molecular formula is C52H106N2O3. The van der Waals surface area contributed by atoms with Gasteiger partial charge >= 0.3 is 0 Å². The Balaban J connectivity index is 2.44. The Kier molecular flexibility index (Phi) is 40.9. The van der Waals surface area contributed by atoms with Crippen LogP contribution in [0.4, 0.5) is 0 Å². The third-order valence-corrected chi connectivity index (χ3v) is 12.8. The van der Waals surface area contributed by atoms with Crippen molar-refractivity contribution in [3.05, 3.63) is 0 Å². The maximum Gasteiger partial charge on any atom is 0.169 e. The lowest BCUT2D eigenvalue weighted by Gasteiger charge is -2.29. The van der Waals surface area contributed by atoms with E-state index in [9.17, 15) is 0 Å². The zero-order valence-corrected chi connectivity index (χ0v) is 39.9. The molecule has 1 rings (SSSR count). The number of hydrogen-bond donors (Lipinski definition) is 1. The Hall–Kier alpha value is -0.200. The minimum Gasteiger partial charge on any atom is -0.381 e. The van der Waals surface area contributed by atoms with Gasteiger partial charge < -0.3 is 24.4 Å². The highest BCUT2D eigenvalue weighted by Crippen LogP contribution is 2.40. The molecule has 0 aromatic carbocycles. The van der Waals surface area contributed by atoms with Gasteiger partial charge in [0.15, 0.2) is 5.79 Å². The summed E-state index contributed by atoms with van der Waals surface area (Å²) >= 11 is 0. The molecule has 0 aliphatic carbocycles. The summed E-state index contributed by atoms with van der Waals surface area (Å²) in [7, 11) is 6.41. The highest BCUT2D eigenvalue weighted by atomic mass is 16.8. The molecule has 0 amide bonds. The number of unbranched alkanes of at least 4 members (excludes halogenated alkanes) is 33. The second-order valence-corrected chi connectivity index (χ2v) is 18.8. The Morgan fingerprint density at radius 2 is 0.754 bits per heavy atom. The largest absolute Gasteiger partial charge is 0.381 e.